The minimum Gasteiger partial charge on any atom is -0.466 e. The number of carbonyl (C=O) groups excluding carboxylic acids is 1. The lowest BCUT2D eigenvalue weighted by Crippen LogP contribution is -2.08. The van der Waals surface area contributed by atoms with Gasteiger partial charge in [0.2, 0.25) is 0 Å². The molecule has 2 nitrogen and oxygen atoms in total. The predicted molar refractivity (Wildman–Crippen MR) is 77.5 cm³/mol. The summed E-state index contributed by atoms with van der Waals surface area (Å²) in [5.74, 6) is 0.586. The molecule has 0 aliphatic rings. The molecule has 2 heteroatoms. The van der Waals surface area contributed by atoms with E-state index in [1.807, 2.05) is 6.08 Å². The maximum Gasteiger partial charge on any atom is 0.305 e. The van der Waals surface area contributed by atoms with Gasteiger partial charge < -0.3 is 4.74 Å². The average molecular weight is 254 g/mol. The molecule has 0 saturated carbocycles. The van der Waals surface area contributed by atoms with Crippen LogP contribution in [0.15, 0.2) is 12.7 Å². The van der Waals surface area contributed by atoms with E-state index in [4.69, 9.17) is 4.74 Å². The number of esters is 1. The van der Waals surface area contributed by atoms with Crippen molar-refractivity contribution < 1.29 is 9.53 Å². The molecular weight excluding hydrogens is 224 g/mol. The average Bonchev–Trinajstić information content (AvgIpc) is 2.36. The third kappa shape index (κ3) is 11.7. The molecule has 1 unspecified atom stereocenters. The van der Waals surface area contributed by atoms with Crippen molar-refractivity contribution in [1.29, 1.82) is 0 Å². The summed E-state index contributed by atoms with van der Waals surface area (Å²) in [6.45, 7) is 8.68. The van der Waals surface area contributed by atoms with Crippen LogP contribution in [0.3, 0.4) is 0 Å². The van der Waals surface area contributed by atoms with E-state index in [9.17, 15) is 4.79 Å². The van der Waals surface area contributed by atoms with Crippen LogP contribution in [0.5, 0.6) is 0 Å². The van der Waals surface area contributed by atoms with Crippen molar-refractivity contribution in [3.8, 4) is 0 Å². The third-order valence-corrected chi connectivity index (χ3v) is 3.22. The highest BCUT2D eigenvalue weighted by Crippen LogP contribution is 2.11. The summed E-state index contributed by atoms with van der Waals surface area (Å²) < 4.78 is 5.23. The van der Waals surface area contributed by atoms with Crippen LogP contribution >= 0.6 is 0 Å². The van der Waals surface area contributed by atoms with E-state index in [-0.39, 0.29) is 5.97 Å². The fourth-order valence-electron chi connectivity index (χ4n) is 1.87. The van der Waals surface area contributed by atoms with Crippen LogP contribution in [-0.4, -0.2) is 12.6 Å². The normalized spacial score (nSPS) is 12.1. The van der Waals surface area contributed by atoms with Crippen molar-refractivity contribution in [3.05, 3.63) is 12.7 Å². The lowest BCUT2D eigenvalue weighted by atomic mass is 10.0. The van der Waals surface area contributed by atoms with Crippen LogP contribution in [0.2, 0.25) is 0 Å². The molecule has 0 aliphatic heterocycles. The van der Waals surface area contributed by atoms with E-state index in [1.54, 1.807) is 0 Å². The Kier molecular flexibility index (Phi) is 12.1. The van der Waals surface area contributed by atoms with E-state index in [2.05, 4.69) is 20.4 Å². The second-order valence-electron chi connectivity index (χ2n) is 5.14. The molecule has 0 radical (unpaired) electrons. The minimum absolute atomic E-state index is 0.0255. The molecular formula is C16H30O2. The highest BCUT2D eigenvalue weighted by Gasteiger charge is 2.05. The van der Waals surface area contributed by atoms with Crippen molar-refractivity contribution >= 4 is 5.97 Å². The number of hydrogen-bond acceptors (Lipinski definition) is 2. The zero-order chi connectivity index (χ0) is 13.6. The predicted octanol–water partition coefficient (Wildman–Crippen LogP) is 4.88. The van der Waals surface area contributed by atoms with Gasteiger partial charge in [-0.25, -0.2) is 0 Å². The van der Waals surface area contributed by atoms with Crippen molar-refractivity contribution in [2.45, 2.75) is 71.6 Å². The van der Waals surface area contributed by atoms with E-state index in [1.165, 1.54) is 19.3 Å². The first-order chi connectivity index (χ1) is 8.70. The first-order valence-electron chi connectivity index (χ1n) is 7.47. The lowest BCUT2D eigenvalue weighted by molar-refractivity contribution is -0.144. The molecule has 0 bridgehead atoms. The molecule has 0 spiro atoms. The van der Waals surface area contributed by atoms with Crippen molar-refractivity contribution in [1.82, 2.24) is 0 Å². The number of ether oxygens (including phenoxy) is 1. The van der Waals surface area contributed by atoms with E-state index in [0.717, 1.165) is 32.1 Å². The van der Waals surface area contributed by atoms with Crippen LogP contribution in [0.25, 0.3) is 0 Å². The smallest absolute Gasteiger partial charge is 0.305 e. The zero-order valence-electron chi connectivity index (χ0n) is 12.2. The molecule has 0 heterocycles. The summed E-state index contributed by atoms with van der Waals surface area (Å²) in [6, 6.07) is 0. The maximum atomic E-state index is 11.4. The van der Waals surface area contributed by atoms with Gasteiger partial charge in [-0.2, -0.15) is 0 Å². The quantitative estimate of drug-likeness (QED) is 0.282. The molecule has 0 saturated heterocycles. The second kappa shape index (κ2) is 12.7. The summed E-state index contributed by atoms with van der Waals surface area (Å²) in [5.41, 5.74) is 0. The van der Waals surface area contributed by atoms with Gasteiger partial charge in [0.05, 0.1) is 6.61 Å². The summed E-state index contributed by atoms with van der Waals surface area (Å²) in [6.07, 6.45) is 11.6. The summed E-state index contributed by atoms with van der Waals surface area (Å²) in [7, 11) is 0. The van der Waals surface area contributed by atoms with Crippen LogP contribution in [0.1, 0.15) is 71.6 Å². The Morgan fingerprint density at radius 2 is 1.94 bits per heavy atom. The van der Waals surface area contributed by atoms with Gasteiger partial charge in [0.15, 0.2) is 0 Å². The molecule has 106 valence electrons. The minimum atomic E-state index is -0.0255. The van der Waals surface area contributed by atoms with E-state index < -0.39 is 0 Å². The van der Waals surface area contributed by atoms with Gasteiger partial charge in [-0.15, -0.1) is 6.58 Å². The van der Waals surface area contributed by atoms with E-state index in [0.29, 0.717) is 18.9 Å². The van der Waals surface area contributed by atoms with Gasteiger partial charge in [-0.05, 0) is 31.6 Å². The van der Waals surface area contributed by atoms with Gasteiger partial charge in [-0.1, -0.05) is 45.6 Å². The Hall–Kier alpha value is -0.790. The Balaban J connectivity index is 3.33. The fraction of sp³-hybridized carbons (Fsp3) is 0.812. The molecule has 1 atom stereocenters. The Bertz CT molecular complexity index is 211. The van der Waals surface area contributed by atoms with Crippen LogP contribution in [0.4, 0.5) is 0 Å². The molecule has 0 aliphatic carbocycles. The van der Waals surface area contributed by atoms with Gasteiger partial charge in [-0.3, -0.25) is 4.79 Å². The number of carbonyl (C=O) groups is 1. The number of allylic oxidation sites excluding steroid dienone is 1. The molecule has 0 N–H and O–H groups in total. The van der Waals surface area contributed by atoms with E-state index >= 15 is 0 Å². The topological polar surface area (TPSA) is 26.3 Å². The summed E-state index contributed by atoms with van der Waals surface area (Å²) in [4.78, 5) is 11.4. The molecule has 0 rings (SSSR count). The SMILES string of the molecule is C=CCCC(C)CCOC(=O)CCCCCCC. The van der Waals surface area contributed by atoms with Crippen LogP contribution < -0.4 is 0 Å². The van der Waals surface area contributed by atoms with Gasteiger partial charge >= 0.3 is 5.97 Å². The molecule has 18 heavy (non-hydrogen) atoms. The van der Waals surface area contributed by atoms with Gasteiger partial charge in [0.1, 0.15) is 0 Å². The first kappa shape index (κ1) is 17.2. The Morgan fingerprint density at radius 1 is 1.22 bits per heavy atom. The first-order valence-corrected chi connectivity index (χ1v) is 7.47. The van der Waals surface area contributed by atoms with Crippen LogP contribution in [0, 0.1) is 5.92 Å². The zero-order valence-corrected chi connectivity index (χ0v) is 12.2. The number of unbranched alkanes of at least 4 members (excludes halogenated alkanes) is 4. The highest BCUT2D eigenvalue weighted by atomic mass is 16.5. The lowest BCUT2D eigenvalue weighted by Gasteiger charge is -2.10. The highest BCUT2D eigenvalue weighted by molar-refractivity contribution is 5.69. The largest absolute Gasteiger partial charge is 0.466 e. The molecule has 0 aromatic rings. The fourth-order valence-corrected chi connectivity index (χ4v) is 1.87. The van der Waals surface area contributed by atoms with Crippen LogP contribution in [-0.2, 0) is 9.53 Å². The third-order valence-electron chi connectivity index (χ3n) is 3.22. The number of rotatable bonds is 12. The molecule has 0 aromatic carbocycles. The summed E-state index contributed by atoms with van der Waals surface area (Å²) in [5, 5.41) is 0. The molecule has 0 aromatic heterocycles. The van der Waals surface area contributed by atoms with Gasteiger partial charge in [0, 0.05) is 6.42 Å². The van der Waals surface area contributed by atoms with Crippen molar-refractivity contribution in [2.24, 2.45) is 5.92 Å². The van der Waals surface area contributed by atoms with Crippen molar-refractivity contribution in [2.75, 3.05) is 6.61 Å². The summed E-state index contributed by atoms with van der Waals surface area (Å²) >= 11 is 0. The molecule has 0 fully saturated rings. The Labute approximate surface area is 113 Å². The van der Waals surface area contributed by atoms with Gasteiger partial charge in [0.25, 0.3) is 0 Å². The van der Waals surface area contributed by atoms with Crippen molar-refractivity contribution in [3.63, 3.8) is 0 Å². The number of hydrogen-bond donors (Lipinski definition) is 0. The second-order valence-corrected chi connectivity index (χ2v) is 5.14. The Morgan fingerprint density at radius 3 is 2.61 bits per heavy atom. The monoisotopic (exact) mass is 254 g/mol. The maximum absolute atomic E-state index is 11.4. The molecule has 0 amide bonds. The standard InChI is InChI=1S/C16H30O2/c1-4-6-8-9-10-12-16(17)18-14-13-15(3)11-7-5-2/h5,15H,2,4,6-14H2,1,3H3.